The van der Waals surface area contributed by atoms with Gasteiger partial charge in [0, 0.05) is 17.0 Å². The van der Waals surface area contributed by atoms with Crippen molar-refractivity contribution in [1.82, 2.24) is 3.97 Å². The van der Waals surface area contributed by atoms with Crippen molar-refractivity contribution in [3.8, 4) is 5.75 Å². The van der Waals surface area contributed by atoms with Crippen molar-refractivity contribution in [3.63, 3.8) is 0 Å². The zero-order valence-electron chi connectivity index (χ0n) is 17.9. The molecule has 0 amide bonds. The predicted octanol–water partition coefficient (Wildman–Crippen LogP) is 5.77. The lowest BCUT2D eigenvalue weighted by molar-refractivity contribution is 0.414. The summed E-state index contributed by atoms with van der Waals surface area (Å²) in [5.41, 5.74) is 4.95. The summed E-state index contributed by atoms with van der Waals surface area (Å²) in [6.07, 6.45) is 0.937. The van der Waals surface area contributed by atoms with Crippen molar-refractivity contribution in [2.75, 3.05) is 7.11 Å². The van der Waals surface area contributed by atoms with E-state index in [9.17, 15) is 8.42 Å². The molecular formula is C26H25NO3S. The van der Waals surface area contributed by atoms with Crippen LogP contribution in [0, 0.1) is 13.8 Å². The molecule has 0 radical (unpaired) electrons. The van der Waals surface area contributed by atoms with Gasteiger partial charge in [0.2, 0.25) is 0 Å². The van der Waals surface area contributed by atoms with Crippen molar-refractivity contribution in [2.45, 2.75) is 37.0 Å². The number of para-hydroxylation sites is 1. The van der Waals surface area contributed by atoms with Gasteiger partial charge in [0.1, 0.15) is 5.75 Å². The highest BCUT2D eigenvalue weighted by atomic mass is 32.2. The number of nitrogens with zero attached hydrogens (tertiary/aromatic N) is 1. The summed E-state index contributed by atoms with van der Waals surface area (Å²) in [7, 11) is -2.06. The molecule has 1 heterocycles. The van der Waals surface area contributed by atoms with Crippen molar-refractivity contribution in [3.05, 3.63) is 95.2 Å². The fourth-order valence-corrected chi connectivity index (χ4v) is 6.25. The Kier molecular flexibility index (Phi) is 4.67. The number of hydrogen-bond acceptors (Lipinski definition) is 3. The molecule has 4 nitrogen and oxygen atoms in total. The first kappa shape index (κ1) is 19.9. The van der Waals surface area contributed by atoms with Gasteiger partial charge in [-0.15, -0.1) is 0 Å². The minimum Gasteiger partial charge on any atom is -0.497 e. The maximum atomic E-state index is 13.8. The first-order chi connectivity index (χ1) is 14.9. The fourth-order valence-electron chi connectivity index (χ4n) is 4.61. The van der Waals surface area contributed by atoms with Crippen molar-refractivity contribution < 1.29 is 13.2 Å². The van der Waals surface area contributed by atoms with E-state index in [2.05, 4.69) is 12.1 Å². The molecule has 1 aliphatic rings. The molecule has 5 heteroatoms. The van der Waals surface area contributed by atoms with E-state index in [0.29, 0.717) is 10.8 Å². The van der Waals surface area contributed by atoms with Crippen LogP contribution in [0.15, 0.2) is 77.7 Å². The van der Waals surface area contributed by atoms with Crippen LogP contribution >= 0.6 is 0 Å². The second-order valence-electron chi connectivity index (χ2n) is 8.33. The average molecular weight is 432 g/mol. The van der Waals surface area contributed by atoms with E-state index in [1.165, 1.54) is 5.56 Å². The smallest absolute Gasteiger partial charge is 0.268 e. The molecule has 0 aliphatic heterocycles. The Bertz CT molecular complexity index is 1370. The molecule has 4 aromatic rings. The Balaban J connectivity index is 1.65. The Morgan fingerprint density at radius 2 is 1.55 bits per heavy atom. The topological polar surface area (TPSA) is 48.3 Å². The van der Waals surface area contributed by atoms with Crippen LogP contribution in [0.5, 0.6) is 5.75 Å². The minimum absolute atomic E-state index is 0.168. The zero-order chi connectivity index (χ0) is 21.8. The molecule has 31 heavy (non-hydrogen) atoms. The molecule has 0 spiro atoms. The van der Waals surface area contributed by atoms with E-state index >= 15 is 0 Å². The highest BCUT2D eigenvalue weighted by Gasteiger charge is 2.44. The molecule has 1 fully saturated rings. The van der Waals surface area contributed by atoms with Crippen LogP contribution in [0.4, 0.5) is 0 Å². The summed E-state index contributed by atoms with van der Waals surface area (Å²) in [6, 6.07) is 23.0. The molecule has 158 valence electrons. The fraction of sp³-hybridized carbons (Fsp3) is 0.231. The minimum atomic E-state index is -3.72. The van der Waals surface area contributed by atoms with Crippen molar-refractivity contribution in [2.24, 2.45) is 0 Å². The van der Waals surface area contributed by atoms with Gasteiger partial charge >= 0.3 is 0 Å². The Morgan fingerprint density at radius 1 is 0.871 bits per heavy atom. The first-order valence-corrected chi connectivity index (χ1v) is 11.9. The van der Waals surface area contributed by atoms with E-state index in [4.69, 9.17) is 4.74 Å². The van der Waals surface area contributed by atoms with Gasteiger partial charge in [0.05, 0.1) is 17.5 Å². The standard InChI is InChI=1S/C26H25NO3S/c1-17-8-14-21(15-9-17)31(28,29)27-25-7-5-4-6-22(25)18(2)26(27)24-16-23(24)19-10-12-20(30-3)13-11-19/h4-15,23-24H,16H2,1-3H3/t23-,24?/m0/s1. The maximum absolute atomic E-state index is 13.8. The first-order valence-electron chi connectivity index (χ1n) is 10.5. The summed E-state index contributed by atoms with van der Waals surface area (Å²) >= 11 is 0. The Labute approximate surface area is 183 Å². The number of methoxy groups -OCH3 is 1. The van der Waals surface area contributed by atoms with Gasteiger partial charge in [-0.1, -0.05) is 48.0 Å². The molecule has 0 N–H and O–H groups in total. The van der Waals surface area contributed by atoms with E-state index in [1.807, 2.05) is 62.4 Å². The summed E-state index contributed by atoms with van der Waals surface area (Å²) in [5, 5.41) is 0.994. The van der Waals surface area contributed by atoms with E-state index in [1.54, 1.807) is 23.2 Å². The molecule has 5 rings (SSSR count). The lowest BCUT2D eigenvalue weighted by atomic mass is 10.1. The van der Waals surface area contributed by atoms with Crippen LogP contribution in [0.3, 0.4) is 0 Å². The van der Waals surface area contributed by atoms with Gasteiger partial charge in [0.15, 0.2) is 0 Å². The lowest BCUT2D eigenvalue weighted by Gasteiger charge is -2.13. The van der Waals surface area contributed by atoms with E-state index in [0.717, 1.165) is 39.9 Å². The third-order valence-electron chi connectivity index (χ3n) is 6.37. The van der Waals surface area contributed by atoms with Crippen LogP contribution in [0.25, 0.3) is 10.9 Å². The number of rotatable bonds is 5. The molecule has 3 aromatic carbocycles. The molecule has 0 bridgehead atoms. The molecule has 1 aliphatic carbocycles. The van der Waals surface area contributed by atoms with Crippen LogP contribution in [0.2, 0.25) is 0 Å². The van der Waals surface area contributed by atoms with E-state index in [-0.39, 0.29) is 5.92 Å². The quantitative estimate of drug-likeness (QED) is 0.403. The number of benzene rings is 3. The predicted molar refractivity (Wildman–Crippen MR) is 124 cm³/mol. The van der Waals surface area contributed by atoms with Gasteiger partial charge in [-0.3, -0.25) is 0 Å². The summed E-state index contributed by atoms with van der Waals surface area (Å²) < 4.78 is 34.5. The maximum Gasteiger partial charge on any atom is 0.268 e. The Morgan fingerprint density at radius 3 is 2.23 bits per heavy atom. The summed E-state index contributed by atoms with van der Waals surface area (Å²) in [4.78, 5) is 0.321. The van der Waals surface area contributed by atoms with Crippen molar-refractivity contribution >= 4 is 20.9 Å². The summed E-state index contributed by atoms with van der Waals surface area (Å²) in [5.74, 6) is 1.30. The summed E-state index contributed by atoms with van der Waals surface area (Å²) in [6.45, 7) is 4.00. The van der Waals surface area contributed by atoms with Crippen molar-refractivity contribution in [1.29, 1.82) is 0 Å². The number of fused-ring (bicyclic) bond motifs is 1. The molecule has 0 saturated heterocycles. The van der Waals surface area contributed by atoms with Crippen LogP contribution < -0.4 is 4.74 Å². The van der Waals surface area contributed by atoms with Gasteiger partial charge in [0.25, 0.3) is 10.0 Å². The third kappa shape index (κ3) is 3.24. The van der Waals surface area contributed by atoms with Gasteiger partial charge < -0.3 is 4.74 Å². The normalized spacial score (nSPS) is 18.3. The van der Waals surface area contributed by atoms with Crippen LogP contribution in [0.1, 0.15) is 40.6 Å². The third-order valence-corrected chi connectivity index (χ3v) is 8.12. The lowest BCUT2D eigenvalue weighted by Crippen LogP contribution is -2.16. The number of hydrogen-bond donors (Lipinski definition) is 0. The molecular weight excluding hydrogens is 406 g/mol. The van der Waals surface area contributed by atoms with Crippen LogP contribution in [-0.2, 0) is 10.0 Å². The molecule has 1 saturated carbocycles. The number of aromatic nitrogens is 1. The van der Waals surface area contributed by atoms with Gasteiger partial charge in [-0.2, -0.15) is 0 Å². The van der Waals surface area contributed by atoms with Gasteiger partial charge in [-0.05, 0) is 67.6 Å². The number of aryl methyl sites for hydroxylation is 2. The van der Waals surface area contributed by atoms with E-state index < -0.39 is 10.0 Å². The molecule has 1 unspecified atom stereocenters. The second kappa shape index (κ2) is 7.27. The van der Waals surface area contributed by atoms with Crippen LogP contribution in [-0.4, -0.2) is 19.5 Å². The monoisotopic (exact) mass is 431 g/mol. The van der Waals surface area contributed by atoms with Gasteiger partial charge in [-0.25, -0.2) is 12.4 Å². The average Bonchev–Trinajstić information content (AvgIpc) is 3.51. The molecule has 2 atom stereocenters. The molecule has 1 aromatic heterocycles. The SMILES string of the molecule is COc1ccc([C@@H]2CC2c2c(C)c3ccccc3n2S(=O)(=O)c2ccc(C)cc2)cc1. The highest BCUT2D eigenvalue weighted by Crippen LogP contribution is 2.57. The zero-order valence-corrected chi connectivity index (χ0v) is 18.7. The Hall–Kier alpha value is -3.05. The number of ether oxygens (including phenoxy) is 1. The highest BCUT2D eigenvalue weighted by molar-refractivity contribution is 7.90. The second-order valence-corrected chi connectivity index (χ2v) is 10.1. The largest absolute Gasteiger partial charge is 0.497 e.